The summed E-state index contributed by atoms with van der Waals surface area (Å²) in [6.45, 7) is 3.72. The fourth-order valence-corrected chi connectivity index (χ4v) is 0.986. The van der Waals surface area contributed by atoms with Crippen LogP contribution in [0.2, 0.25) is 0 Å². The lowest BCUT2D eigenvalue weighted by atomic mass is 10.4. The molecule has 3 N–H and O–H groups in total. The summed E-state index contributed by atoms with van der Waals surface area (Å²) in [4.78, 5) is 12.1. The highest BCUT2D eigenvalue weighted by molar-refractivity contribution is 5.69. The van der Waals surface area contributed by atoms with Gasteiger partial charge < -0.3 is 10.3 Å². The van der Waals surface area contributed by atoms with Crippen LogP contribution in [-0.2, 0) is 4.79 Å². The molecule has 0 heterocycles. The number of hydrogen-bond acceptors (Lipinski definition) is 4. The highest BCUT2D eigenvalue weighted by Gasteiger charge is 2.06. The van der Waals surface area contributed by atoms with Crippen LogP contribution < -0.4 is 5.48 Å². The molecule has 0 saturated heterocycles. The van der Waals surface area contributed by atoms with Crippen LogP contribution in [0.1, 0.15) is 13.3 Å². The van der Waals surface area contributed by atoms with Crippen LogP contribution in [0.4, 0.5) is 0 Å². The minimum atomic E-state index is -0.832. The Bertz CT molecular complexity index is 130. The second-order valence-electron chi connectivity index (χ2n) is 2.58. The number of aliphatic carboxylic acids is 1. The maximum Gasteiger partial charge on any atom is 0.317 e. The molecule has 0 spiro atoms. The van der Waals surface area contributed by atoms with Crippen molar-refractivity contribution in [3.63, 3.8) is 0 Å². The smallest absolute Gasteiger partial charge is 0.317 e. The molecule has 0 bridgehead atoms. The van der Waals surface area contributed by atoms with E-state index >= 15 is 0 Å². The molecule has 0 aliphatic carbocycles. The van der Waals surface area contributed by atoms with Crippen molar-refractivity contribution in [3.8, 4) is 0 Å². The van der Waals surface area contributed by atoms with E-state index in [4.69, 9.17) is 10.3 Å². The Labute approximate surface area is 71.9 Å². The first-order valence-electron chi connectivity index (χ1n) is 4.01. The lowest BCUT2D eigenvalue weighted by molar-refractivity contribution is -0.138. The molecule has 0 saturated carbocycles. The second-order valence-corrected chi connectivity index (χ2v) is 2.58. The number of nitrogens with one attached hydrogen (secondary N) is 1. The second kappa shape index (κ2) is 7.02. The van der Waals surface area contributed by atoms with Gasteiger partial charge in [-0.25, -0.2) is 5.48 Å². The molecule has 72 valence electrons. The maximum atomic E-state index is 10.3. The summed E-state index contributed by atoms with van der Waals surface area (Å²) in [5.74, 6) is -0.832. The van der Waals surface area contributed by atoms with E-state index in [1.54, 1.807) is 4.90 Å². The lowest BCUT2D eigenvalue weighted by Crippen LogP contribution is -2.35. The molecule has 0 amide bonds. The van der Waals surface area contributed by atoms with Gasteiger partial charge >= 0.3 is 5.97 Å². The first-order valence-corrected chi connectivity index (χ1v) is 4.01. The van der Waals surface area contributed by atoms with Gasteiger partial charge in [0.1, 0.15) is 0 Å². The Hall–Kier alpha value is -0.650. The van der Waals surface area contributed by atoms with E-state index in [1.165, 1.54) is 0 Å². The molecular formula is C7H16N2O3. The third-order valence-corrected chi connectivity index (χ3v) is 1.44. The fourth-order valence-electron chi connectivity index (χ4n) is 0.986. The lowest BCUT2D eigenvalue weighted by Gasteiger charge is -2.18. The van der Waals surface area contributed by atoms with Gasteiger partial charge in [-0.15, -0.1) is 0 Å². The zero-order valence-electron chi connectivity index (χ0n) is 7.29. The van der Waals surface area contributed by atoms with Gasteiger partial charge in [0.05, 0.1) is 6.54 Å². The topological polar surface area (TPSA) is 72.8 Å². The van der Waals surface area contributed by atoms with E-state index in [0.717, 1.165) is 13.0 Å². The summed E-state index contributed by atoms with van der Waals surface area (Å²) >= 11 is 0. The highest BCUT2D eigenvalue weighted by atomic mass is 16.5. The van der Waals surface area contributed by atoms with Crippen LogP contribution in [0.3, 0.4) is 0 Å². The Morgan fingerprint density at radius 2 is 2.17 bits per heavy atom. The number of nitrogens with zero attached hydrogens (tertiary/aromatic N) is 1. The molecule has 0 atom stereocenters. The number of rotatable bonds is 7. The molecule has 0 aromatic rings. The molecule has 12 heavy (non-hydrogen) atoms. The van der Waals surface area contributed by atoms with Crippen molar-refractivity contribution in [1.29, 1.82) is 0 Å². The molecule has 0 unspecified atom stereocenters. The quantitative estimate of drug-likeness (QED) is 0.467. The Morgan fingerprint density at radius 1 is 1.50 bits per heavy atom. The number of carboxylic acid groups (broad SMARTS) is 1. The number of carboxylic acids is 1. The number of carbonyl (C=O) groups is 1. The molecule has 0 fully saturated rings. The van der Waals surface area contributed by atoms with Gasteiger partial charge in [0.15, 0.2) is 0 Å². The Kier molecular flexibility index (Phi) is 6.64. The van der Waals surface area contributed by atoms with Gasteiger partial charge in [0.25, 0.3) is 0 Å². The molecule has 5 heteroatoms. The van der Waals surface area contributed by atoms with Gasteiger partial charge in [-0.05, 0) is 13.0 Å². The van der Waals surface area contributed by atoms with Gasteiger partial charge in [0.2, 0.25) is 0 Å². The summed E-state index contributed by atoms with van der Waals surface area (Å²) in [5.41, 5.74) is 2.00. The standard InChI is InChI=1S/C7H16N2O3/c1-2-4-9(5-3-8-12)6-7(10)11/h8,12H,2-6H2,1H3,(H,10,11). The molecule has 0 aromatic heterocycles. The zero-order valence-corrected chi connectivity index (χ0v) is 7.29. The zero-order chi connectivity index (χ0) is 9.40. The average Bonchev–Trinajstić information content (AvgIpc) is 2.00. The predicted molar refractivity (Wildman–Crippen MR) is 44.2 cm³/mol. The van der Waals surface area contributed by atoms with Crippen molar-refractivity contribution in [2.75, 3.05) is 26.2 Å². The van der Waals surface area contributed by atoms with E-state index in [-0.39, 0.29) is 6.54 Å². The van der Waals surface area contributed by atoms with Crippen molar-refractivity contribution in [1.82, 2.24) is 10.4 Å². The molecule has 5 nitrogen and oxygen atoms in total. The third kappa shape index (κ3) is 6.09. The first kappa shape index (κ1) is 11.4. The SMILES string of the molecule is CCCN(CCNO)CC(=O)O. The van der Waals surface area contributed by atoms with E-state index in [2.05, 4.69) is 0 Å². The van der Waals surface area contributed by atoms with Gasteiger partial charge in [-0.1, -0.05) is 6.92 Å². The third-order valence-electron chi connectivity index (χ3n) is 1.44. The van der Waals surface area contributed by atoms with Crippen LogP contribution in [0.5, 0.6) is 0 Å². The maximum absolute atomic E-state index is 10.3. The Morgan fingerprint density at radius 3 is 2.58 bits per heavy atom. The fraction of sp³-hybridized carbons (Fsp3) is 0.857. The van der Waals surface area contributed by atoms with Gasteiger partial charge in [-0.2, -0.15) is 0 Å². The van der Waals surface area contributed by atoms with Crippen LogP contribution in [-0.4, -0.2) is 47.4 Å². The Balaban J connectivity index is 3.61. The minimum absolute atomic E-state index is 0.0372. The minimum Gasteiger partial charge on any atom is -0.480 e. The average molecular weight is 176 g/mol. The van der Waals surface area contributed by atoms with E-state index in [1.807, 2.05) is 12.4 Å². The van der Waals surface area contributed by atoms with Crippen molar-refractivity contribution >= 4 is 5.97 Å². The molecule has 0 aliphatic heterocycles. The van der Waals surface area contributed by atoms with E-state index < -0.39 is 5.97 Å². The summed E-state index contributed by atoms with van der Waals surface area (Å²) in [7, 11) is 0. The summed E-state index contributed by atoms with van der Waals surface area (Å²) < 4.78 is 0. The molecular weight excluding hydrogens is 160 g/mol. The number of hydrogen-bond donors (Lipinski definition) is 3. The number of hydroxylamine groups is 1. The molecule has 0 aliphatic rings. The van der Waals surface area contributed by atoms with Crippen LogP contribution >= 0.6 is 0 Å². The van der Waals surface area contributed by atoms with E-state index in [9.17, 15) is 4.79 Å². The van der Waals surface area contributed by atoms with Gasteiger partial charge in [-0.3, -0.25) is 9.69 Å². The van der Waals surface area contributed by atoms with Crippen molar-refractivity contribution in [3.05, 3.63) is 0 Å². The van der Waals surface area contributed by atoms with Crippen LogP contribution in [0.25, 0.3) is 0 Å². The monoisotopic (exact) mass is 176 g/mol. The molecule has 0 rings (SSSR count). The van der Waals surface area contributed by atoms with Crippen LogP contribution in [0.15, 0.2) is 0 Å². The predicted octanol–water partition coefficient (Wildman–Crippen LogP) is -0.238. The van der Waals surface area contributed by atoms with Crippen molar-refractivity contribution < 1.29 is 15.1 Å². The molecule has 0 aromatic carbocycles. The normalized spacial score (nSPS) is 10.6. The molecule has 0 radical (unpaired) electrons. The van der Waals surface area contributed by atoms with Crippen LogP contribution in [0, 0.1) is 0 Å². The van der Waals surface area contributed by atoms with Gasteiger partial charge in [0, 0.05) is 13.1 Å². The van der Waals surface area contributed by atoms with Crippen molar-refractivity contribution in [2.24, 2.45) is 0 Å². The highest BCUT2D eigenvalue weighted by Crippen LogP contribution is 1.89. The van der Waals surface area contributed by atoms with Crippen molar-refractivity contribution in [2.45, 2.75) is 13.3 Å². The largest absolute Gasteiger partial charge is 0.480 e. The summed E-state index contributed by atoms with van der Waals surface area (Å²) in [6, 6.07) is 0. The summed E-state index contributed by atoms with van der Waals surface area (Å²) in [5, 5.41) is 16.8. The first-order chi connectivity index (χ1) is 5.70. The van der Waals surface area contributed by atoms with E-state index in [0.29, 0.717) is 13.1 Å². The summed E-state index contributed by atoms with van der Waals surface area (Å²) in [6.07, 6.45) is 0.915.